The van der Waals surface area contributed by atoms with Crippen LogP contribution in [0.2, 0.25) is 0 Å². The van der Waals surface area contributed by atoms with Gasteiger partial charge in [-0.25, -0.2) is 4.79 Å². The van der Waals surface area contributed by atoms with Gasteiger partial charge in [0.1, 0.15) is 11.3 Å². The van der Waals surface area contributed by atoms with E-state index in [0.29, 0.717) is 31.0 Å². The molecule has 0 N–H and O–H groups in total. The monoisotopic (exact) mass is 407 g/mol. The van der Waals surface area contributed by atoms with E-state index < -0.39 is 0 Å². The van der Waals surface area contributed by atoms with Gasteiger partial charge in [0.05, 0.1) is 24.5 Å². The van der Waals surface area contributed by atoms with E-state index in [9.17, 15) is 9.59 Å². The first-order chi connectivity index (χ1) is 14.5. The molecule has 0 radical (unpaired) electrons. The largest absolute Gasteiger partial charge is 0.483 e. The number of aryl methyl sites for hydroxylation is 3. The van der Waals surface area contributed by atoms with Crippen LogP contribution in [0.3, 0.4) is 0 Å². The van der Waals surface area contributed by atoms with E-state index in [0.717, 1.165) is 59.1 Å². The highest BCUT2D eigenvalue weighted by Gasteiger charge is 2.23. The van der Waals surface area contributed by atoms with Gasteiger partial charge in [-0.05, 0) is 63.3 Å². The zero-order chi connectivity index (χ0) is 20.8. The average molecular weight is 407 g/mol. The SMILES string of the molecule is Cc1cc2n(n1)CCN(C(=O)COc1ccc3c4c(c(=O)oc3c1C)CCCC4)C2. The van der Waals surface area contributed by atoms with Gasteiger partial charge in [0.25, 0.3) is 5.91 Å². The lowest BCUT2D eigenvalue weighted by Gasteiger charge is -2.27. The summed E-state index contributed by atoms with van der Waals surface area (Å²) in [6.07, 6.45) is 3.81. The Morgan fingerprint density at radius 2 is 1.97 bits per heavy atom. The number of carbonyl (C=O) groups is 1. The average Bonchev–Trinajstić information content (AvgIpc) is 3.13. The van der Waals surface area contributed by atoms with Gasteiger partial charge < -0.3 is 14.1 Å². The molecule has 30 heavy (non-hydrogen) atoms. The van der Waals surface area contributed by atoms with Gasteiger partial charge in [-0.2, -0.15) is 5.10 Å². The van der Waals surface area contributed by atoms with Crippen molar-refractivity contribution in [3.8, 4) is 5.75 Å². The molecule has 1 aromatic carbocycles. The molecule has 2 aliphatic rings. The van der Waals surface area contributed by atoms with Crippen LogP contribution in [0.1, 0.15) is 40.9 Å². The number of amides is 1. The minimum atomic E-state index is -0.242. The van der Waals surface area contributed by atoms with Crippen molar-refractivity contribution in [3.05, 3.63) is 56.7 Å². The smallest absolute Gasteiger partial charge is 0.339 e. The summed E-state index contributed by atoms with van der Waals surface area (Å²) in [5.74, 6) is 0.513. The van der Waals surface area contributed by atoms with Gasteiger partial charge in [0.15, 0.2) is 6.61 Å². The third-order valence-corrected chi connectivity index (χ3v) is 6.21. The fraction of sp³-hybridized carbons (Fsp3) is 0.435. The predicted molar refractivity (Wildman–Crippen MR) is 112 cm³/mol. The van der Waals surface area contributed by atoms with E-state index in [1.165, 1.54) is 0 Å². The zero-order valence-electron chi connectivity index (χ0n) is 17.4. The fourth-order valence-corrected chi connectivity index (χ4v) is 4.63. The first-order valence-corrected chi connectivity index (χ1v) is 10.5. The molecule has 2 aromatic heterocycles. The van der Waals surface area contributed by atoms with Crippen molar-refractivity contribution in [2.45, 2.75) is 52.6 Å². The van der Waals surface area contributed by atoms with Crippen LogP contribution in [0.15, 0.2) is 27.4 Å². The minimum Gasteiger partial charge on any atom is -0.483 e. The first-order valence-electron chi connectivity index (χ1n) is 10.5. The summed E-state index contributed by atoms with van der Waals surface area (Å²) < 4.78 is 13.5. The van der Waals surface area contributed by atoms with Crippen LogP contribution < -0.4 is 10.4 Å². The number of nitrogens with zero attached hydrogens (tertiary/aromatic N) is 3. The molecule has 0 saturated carbocycles. The zero-order valence-corrected chi connectivity index (χ0v) is 17.4. The van der Waals surface area contributed by atoms with Crippen LogP contribution in [0.25, 0.3) is 11.0 Å². The van der Waals surface area contributed by atoms with E-state index in [4.69, 9.17) is 9.15 Å². The van der Waals surface area contributed by atoms with Crippen LogP contribution in [0, 0.1) is 13.8 Å². The molecule has 1 aliphatic heterocycles. The first kappa shape index (κ1) is 18.9. The third kappa shape index (κ3) is 3.18. The summed E-state index contributed by atoms with van der Waals surface area (Å²) in [4.78, 5) is 26.9. The summed E-state index contributed by atoms with van der Waals surface area (Å²) in [5, 5.41) is 5.41. The molecule has 156 valence electrons. The minimum absolute atomic E-state index is 0.0470. The number of rotatable bonds is 3. The highest BCUT2D eigenvalue weighted by molar-refractivity contribution is 5.86. The quantitative estimate of drug-likeness (QED) is 0.624. The van der Waals surface area contributed by atoms with E-state index in [1.54, 1.807) is 4.90 Å². The number of hydrogen-bond acceptors (Lipinski definition) is 5. The molecule has 0 unspecified atom stereocenters. The number of carbonyl (C=O) groups excluding carboxylic acids is 1. The molecule has 1 aliphatic carbocycles. The van der Waals surface area contributed by atoms with Gasteiger partial charge in [0.2, 0.25) is 0 Å². The van der Waals surface area contributed by atoms with E-state index >= 15 is 0 Å². The van der Waals surface area contributed by atoms with Crippen molar-refractivity contribution in [3.63, 3.8) is 0 Å². The summed E-state index contributed by atoms with van der Waals surface area (Å²) >= 11 is 0. The van der Waals surface area contributed by atoms with Crippen molar-refractivity contribution in [2.24, 2.45) is 0 Å². The van der Waals surface area contributed by atoms with Crippen LogP contribution in [0.5, 0.6) is 5.75 Å². The molecule has 0 fully saturated rings. The van der Waals surface area contributed by atoms with Crippen molar-refractivity contribution >= 4 is 16.9 Å². The topological polar surface area (TPSA) is 77.6 Å². The molecular weight excluding hydrogens is 382 g/mol. The molecule has 3 heterocycles. The Bertz CT molecular complexity index is 1210. The normalized spacial score (nSPS) is 15.7. The number of hydrogen-bond donors (Lipinski definition) is 0. The molecule has 0 atom stereocenters. The van der Waals surface area contributed by atoms with Crippen LogP contribution >= 0.6 is 0 Å². The van der Waals surface area contributed by atoms with Crippen LogP contribution in [-0.2, 0) is 30.7 Å². The second kappa shape index (κ2) is 7.31. The lowest BCUT2D eigenvalue weighted by Crippen LogP contribution is -2.40. The van der Waals surface area contributed by atoms with E-state index in [2.05, 4.69) is 5.10 Å². The molecule has 0 spiro atoms. The summed E-state index contributed by atoms with van der Waals surface area (Å²) in [6, 6.07) is 5.85. The summed E-state index contributed by atoms with van der Waals surface area (Å²) in [5.41, 5.74) is 5.02. The number of fused-ring (bicyclic) bond motifs is 4. The van der Waals surface area contributed by atoms with Gasteiger partial charge in [0, 0.05) is 23.1 Å². The second-order valence-electron chi connectivity index (χ2n) is 8.22. The molecule has 3 aromatic rings. The molecular formula is C23H25N3O4. The van der Waals surface area contributed by atoms with Crippen LogP contribution in [-0.4, -0.2) is 33.7 Å². The Balaban J connectivity index is 1.35. The van der Waals surface area contributed by atoms with Crippen molar-refractivity contribution in [1.29, 1.82) is 0 Å². The van der Waals surface area contributed by atoms with Gasteiger partial charge in [-0.15, -0.1) is 0 Å². The predicted octanol–water partition coefficient (Wildman–Crippen LogP) is 2.91. The Labute approximate surface area is 174 Å². The molecule has 1 amide bonds. The molecule has 7 nitrogen and oxygen atoms in total. The van der Waals surface area contributed by atoms with Crippen LogP contribution in [0.4, 0.5) is 0 Å². The highest BCUT2D eigenvalue weighted by Crippen LogP contribution is 2.32. The lowest BCUT2D eigenvalue weighted by molar-refractivity contribution is -0.134. The third-order valence-electron chi connectivity index (χ3n) is 6.21. The fourth-order valence-electron chi connectivity index (χ4n) is 4.63. The molecule has 0 bridgehead atoms. The lowest BCUT2D eigenvalue weighted by atomic mass is 9.90. The number of ether oxygens (including phenoxy) is 1. The Hall–Kier alpha value is -3.09. The Morgan fingerprint density at radius 3 is 2.80 bits per heavy atom. The summed E-state index contributed by atoms with van der Waals surface area (Å²) in [6.45, 7) is 5.64. The van der Waals surface area contributed by atoms with Gasteiger partial charge in [-0.3, -0.25) is 9.48 Å². The van der Waals surface area contributed by atoms with Crippen molar-refractivity contribution in [2.75, 3.05) is 13.2 Å². The maximum atomic E-state index is 12.7. The number of aromatic nitrogens is 2. The maximum absolute atomic E-state index is 12.7. The standard InChI is InChI=1S/C23H25N3O4/c1-14-11-16-12-25(9-10-26(16)24-14)21(27)13-29-20-8-7-18-17-5-3-4-6-19(17)23(28)30-22(18)15(20)2/h7-8,11H,3-6,9-10,12-13H2,1-2H3. The highest BCUT2D eigenvalue weighted by atomic mass is 16.5. The van der Waals surface area contributed by atoms with Crippen molar-refractivity contribution < 1.29 is 13.9 Å². The maximum Gasteiger partial charge on any atom is 0.339 e. The van der Waals surface area contributed by atoms with Gasteiger partial charge >= 0.3 is 5.63 Å². The van der Waals surface area contributed by atoms with Gasteiger partial charge in [-0.1, -0.05) is 0 Å². The molecule has 0 saturated heterocycles. The summed E-state index contributed by atoms with van der Waals surface area (Å²) in [7, 11) is 0. The second-order valence-corrected chi connectivity index (χ2v) is 8.22. The Morgan fingerprint density at radius 1 is 1.17 bits per heavy atom. The van der Waals surface area contributed by atoms with Crippen molar-refractivity contribution in [1.82, 2.24) is 14.7 Å². The molecule has 7 heteroatoms. The van der Waals surface area contributed by atoms with E-state index in [1.807, 2.05) is 36.7 Å². The number of benzene rings is 1. The molecule has 5 rings (SSSR count). The van der Waals surface area contributed by atoms with E-state index in [-0.39, 0.29) is 18.1 Å². The Kier molecular flexibility index (Phi) is 4.60.